The average Bonchev–Trinajstić information content (AvgIpc) is 3.12. The lowest BCUT2D eigenvalue weighted by Gasteiger charge is -2.32. The van der Waals surface area contributed by atoms with Gasteiger partial charge in [-0.3, -0.25) is 9.59 Å². The van der Waals surface area contributed by atoms with Gasteiger partial charge in [-0.05, 0) is 31.3 Å². The quantitative estimate of drug-likeness (QED) is 0.689. The summed E-state index contributed by atoms with van der Waals surface area (Å²) in [7, 11) is 2.06. The summed E-state index contributed by atoms with van der Waals surface area (Å²) in [5, 5.41) is 5.45. The molecule has 0 aliphatic carbocycles. The summed E-state index contributed by atoms with van der Waals surface area (Å²) in [6, 6.07) is 7.42. The number of carbonyl (C=O) groups excluding carboxylic acids is 2. The number of nitrogens with one attached hydrogen (secondary N) is 1. The van der Waals surface area contributed by atoms with E-state index in [1.165, 1.54) is 11.3 Å². The van der Waals surface area contributed by atoms with Gasteiger partial charge >= 0.3 is 0 Å². The van der Waals surface area contributed by atoms with Crippen molar-refractivity contribution in [3.05, 3.63) is 45.9 Å². The molecule has 1 saturated heterocycles. The molecule has 29 heavy (non-hydrogen) atoms. The van der Waals surface area contributed by atoms with Crippen molar-refractivity contribution in [1.82, 2.24) is 14.8 Å². The molecule has 2 heterocycles. The van der Waals surface area contributed by atoms with Crippen molar-refractivity contribution in [2.75, 3.05) is 45.1 Å². The van der Waals surface area contributed by atoms with Gasteiger partial charge in [0.25, 0.3) is 5.91 Å². The predicted octanol–water partition coefficient (Wildman–Crippen LogP) is 2.06. The van der Waals surface area contributed by atoms with Crippen molar-refractivity contribution in [2.24, 2.45) is 5.73 Å². The number of aromatic nitrogens is 1. The molecule has 0 bridgehead atoms. The van der Waals surface area contributed by atoms with Crippen LogP contribution in [0.1, 0.15) is 21.1 Å². The van der Waals surface area contributed by atoms with E-state index in [4.69, 9.17) is 5.73 Å². The second-order valence-electron chi connectivity index (χ2n) is 6.68. The van der Waals surface area contributed by atoms with E-state index in [1.807, 2.05) is 29.2 Å². The minimum Gasteiger partial charge on any atom is -0.340 e. The summed E-state index contributed by atoms with van der Waals surface area (Å²) in [5.74, 6) is -0.130. The summed E-state index contributed by atoms with van der Waals surface area (Å²) < 4.78 is 0. The molecule has 0 spiro atoms. The number of halogens is 2. The number of piperazine rings is 1. The van der Waals surface area contributed by atoms with E-state index in [0.29, 0.717) is 30.8 Å². The van der Waals surface area contributed by atoms with Gasteiger partial charge in [0.2, 0.25) is 5.91 Å². The van der Waals surface area contributed by atoms with Crippen LogP contribution in [0.2, 0.25) is 0 Å². The summed E-state index contributed by atoms with van der Waals surface area (Å²) in [5.41, 5.74) is 7.46. The first-order valence-corrected chi connectivity index (χ1v) is 9.94. The molecule has 3 N–H and O–H groups in total. The summed E-state index contributed by atoms with van der Waals surface area (Å²) >= 11 is 1.43. The molecule has 7 nitrogen and oxygen atoms in total. The minimum atomic E-state index is -0.253. The highest BCUT2D eigenvalue weighted by Gasteiger charge is 2.19. The number of benzene rings is 1. The maximum absolute atomic E-state index is 12.5. The van der Waals surface area contributed by atoms with Crippen LogP contribution in [-0.4, -0.2) is 66.4 Å². The first-order chi connectivity index (χ1) is 13.0. The van der Waals surface area contributed by atoms with Gasteiger partial charge in [-0.25, -0.2) is 4.98 Å². The number of amides is 2. The smallest absolute Gasteiger partial charge is 0.275 e. The van der Waals surface area contributed by atoms with Gasteiger partial charge in [0.15, 0.2) is 0 Å². The van der Waals surface area contributed by atoms with E-state index >= 15 is 0 Å². The first-order valence-electron chi connectivity index (χ1n) is 9.06. The van der Waals surface area contributed by atoms with E-state index in [0.717, 1.165) is 36.8 Å². The molecule has 10 heteroatoms. The molecule has 2 amide bonds. The van der Waals surface area contributed by atoms with Crippen LogP contribution in [0.5, 0.6) is 0 Å². The van der Waals surface area contributed by atoms with Crippen LogP contribution in [0.3, 0.4) is 0 Å². The summed E-state index contributed by atoms with van der Waals surface area (Å²) in [6.07, 6.45) is 1.01. The number of rotatable bonds is 6. The van der Waals surface area contributed by atoms with Crippen LogP contribution < -0.4 is 11.1 Å². The second kappa shape index (κ2) is 12.1. The Morgan fingerprint density at radius 3 is 2.62 bits per heavy atom. The number of hydrogen-bond acceptors (Lipinski definition) is 6. The molecule has 0 radical (unpaired) electrons. The Morgan fingerprint density at radius 1 is 1.21 bits per heavy atom. The van der Waals surface area contributed by atoms with Gasteiger partial charge in [0.05, 0.1) is 11.4 Å². The maximum atomic E-state index is 12.5. The molecular weight excluding hydrogens is 433 g/mol. The average molecular weight is 460 g/mol. The second-order valence-corrected chi connectivity index (χ2v) is 7.62. The van der Waals surface area contributed by atoms with Crippen molar-refractivity contribution in [3.8, 4) is 0 Å². The highest BCUT2D eigenvalue weighted by Crippen LogP contribution is 2.16. The Kier molecular flexibility index (Phi) is 10.6. The molecule has 0 unspecified atom stereocenters. The van der Waals surface area contributed by atoms with Crippen molar-refractivity contribution < 1.29 is 9.59 Å². The van der Waals surface area contributed by atoms with Gasteiger partial charge in [0, 0.05) is 43.7 Å². The van der Waals surface area contributed by atoms with Crippen LogP contribution in [0.25, 0.3) is 0 Å². The molecule has 0 atom stereocenters. The van der Waals surface area contributed by atoms with E-state index in [2.05, 4.69) is 22.2 Å². The van der Waals surface area contributed by atoms with Crippen molar-refractivity contribution in [2.45, 2.75) is 12.8 Å². The van der Waals surface area contributed by atoms with Crippen LogP contribution in [-0.2, 0) is 17.6 Å². The number of hydrogen-bond donors (Lipinski definition) is 2. The SMILES string of the molecule is CN1CCN(C(=O)Cc2cccc(NC(=O)c3csc(CCN)n3)c2)CC1.Cl.Cl. The highest BCUT2D eigenvalue weighted by molar-refractivity contribution is 7.09. The van der Waals surface area contributed by atoms with Crippen LogP contribution in [0.15, 0.2) is 29.6 Å². The molecule has 1 aromatic carbocycles. The van der Waals surface area contributed by atoms with Crippen LogP contribution >= 0.6 is 36.2 Å². The zero-order valence-corrected chi connectivity index (χ0v) is 18.7. The first kappa shape index (κ1) is 25.3. The van der Waals surface area contributed by atoms with E-state index in [-0.39, 0.29) is 36.6 Å². The number of nitrogens with zero attached hydrogens (tertiary/aromatic N) is 3. The molecule has 3 rings (SSSR count). The Hall–Kier alpha value is -1.71. The zero-order valence-electron chi connectivity index (χ0n) is 16.3. The topological polar surface area (TPSA) is 91.6 Å². The lowest BCUT2D eigenvalue weighted by atomic mass is 10.1. The fourth-order valence-corrected chi connectivity index (χ4v) is 3.74. The van der Waals surface area contributed by atoms with Gasteiger partial charge in [0.1, 0.15) is 5.69 Å². The predicted molar refractivity (Wildman–Crippen MR) is 122 cm³/mol. The lowest BCUT2D eigenvalue weighted by molar-refractivity contribution is -0.132. The highest BCUT2D eigenvalue weighted by atomic mass is 35.5. The fourth-order valence-electron chi connectivity index (χ4n) is 2.95. The van der Waals surface area contributed by atoms with E-state index < -0.39 is 0 Å². The number of anilines is 1. The largest absolute Gasteiger partial charge is 0.340 e. The summed E-state index contributed by atoms with van der Waals surface area (Å²) in [4.78, 5) is 33.3. The molecular formula is C19H27Cl2N5O2S. The normalized spacial score (nSPS) is 13.9. The lowest BCUT2D eigenvalue weighted by Crippen LogP contribution is -2.47. The van der Waals surface area contributed by atoms with Crippen molar-refractivity contribution in [1.29, 1.82) is 0 Å². The molecule has 0 saturated carbocycles. The molecule has 1 aliphatic heterocycles. The van der Waals surface area contributed by atoms with Crippen molar-refractivity contribution in [3.63, 3.8) is 0 Å². The number of carbonyl (C=O) groups is 2. The third-order valence-electron chi connectivity index (χ3n) is 4.54. The zero-order chi connectivity index (χ0) is 19.2. The van der Waals surface area contributed by atoms with Crippen molar-refractivity contribution >= 4 is 53.7 Å². The Morgan fingerprint density at radius 2 is 1.93 bits per heavy atom. The van der Waals surface area contributed by atoms with Crippen LogP contribution in [0, 0.1) is 0 Å². The maximum Gasteiger partial charge on any atom is 0.275 e. The van der Waals surface area contributed by atoms with E-state index in [1.54, 1.807) is 5.38 Å². The molecule has 2 aromatic rings. The van der Waals surface area contributed by atoms with Gasteiger partial charge in [-0.1, -0.05) is 12.1 Å². The van der Waals surface area contributed by atoms with Crippen LogP contribution in [0.4, 0.5) is 5.69 Å². The van der Waals surface area contributed by atoms with E-state index in [9.17, 15) is 9.59 Å². The van der Waals surface area contributed by atoms with Gasteiger partial charge < -0.3 is 20.9 Å². The Labute approximate surface area is 187 Å². The number of nitrogens with two attached hydrogens (primary N) is 1. The molecule has 1 aliphatic rings. The summed E-state index contributed by atoms with van der Waals surface area (Å²) in [6.45, 7) is 3.85. The number of thiazole rings is 1. The third kappa shape index (κ3) is 7.24. The monoisotopic (exact) mass is 459 g/mol. The fraction of sp³-hybridized carbons (Fsp3) is 0.421. The third-order valence-corrected chi connectivity index (χ3v) is 5.45. The van der Waals surface area contributed by atoms with Gasteiger partial charge in [-0.15, -0.1) is 36.2 Å². The minimum absolute atomic E-state index is 0. The standard InChI is InChI=1S/C19H25N5O2S.2ClH/c1-23-7-9-24(10-8-23)18(25)12-14-3-2-4-15(11-14)21-19(26)16-13-27-17(22-16)5-6-20;;/h2-4,11,13H,5-10,12,20H2,1H3,(H,21,26);2*1H. The molecule has 1 fully saturated rings. The Bertz CT molecular complexity index is 809. The molecule has 160 valence electrons. The molecule has 1 aromatic heterocycles. The number of likely N-dealkylation sites (N-methyl/N-ethyl adjacent to an activating group) is 1. The van der Waals surface area contributed by atoms with Gasteiger partial charge in [-0.2, -0.15) is 0 Å². The Balaban J connectivity index is 0.00000210.